The van der Waals surface area contributed by atoms with Crippen LogP contribution < -0.4 is 4.74 Å². The summed E-state index contributed by atoms with van der Waals surface area (Å²) >= 11 is 0. The highest BCUT2D eigenvalue weighted by molar-refractivity contribution is 5.87. The van der Waals surface area contributed by atoms with Crippen LogP contribution in [0.2, 0.25) is 0 Å². The molecule has 96 valence electrons. The molecule has 0 saturated heterocycles. The molecule has 0 unspecified atom stereocenters. The number of benzene rings is 1. The maximum Gasteiger partial charge on any atom is 0.145 e. The normalized spacial score (nSPS) is 11.8. The number of para-hydroxylation sites is 1. The van der Waals surface area contributed by atoms with Crippen molar-refractivity contribution in [2.24, 2.45) is 0 Å². The summed E-state index contributed by atoms with van der Waals surface area (Å²) in [5.74, 6) is 0.855. The highest BCUT2D eigenvalue weighted by Crippen LogP contribution is 2.31. The number of aryl methyl sites for hydroxylation is 1. The first-order valence-electron chi connectivity index (χ1n) is 6.44. The lowest BCUT2D eigenvalue weighted by Gasteiger charge is -2.20. The molecule has 0 aliphatic carbocycles. The lowest BCUT2D eigenvalue weighted by atomic mass is 9.89. The van der Waals surface area contributed by atoms with Crippen molar-refractivity contribution in [1.82, 2.24) is 4.98 Å². The molecule has 0 aliphatic heterocycles. The first-order chi connectivity index (χ1) is 8.47. The molecule has 0 amide bonds. The molecule has 0 atom stereocenters. The Hall–Kier alpha value is -1.57. The Kier molecular flexibility index (Phi) is 3.29. The van der Waals surface area contributed by atoms with Gasteiger partial charge in [-0.15, -0.1) is 0 Å². The molecule has 0 aliphatic rings. The Bertz CT molecular complexity index is 567. The Balaban J connectivity index is 2.80. The number of methoxy groups -OCH3 is 1. The van der Waals surface area contributed by atoms with Crippen LogP contribution in [-0.2, 0) is 11.8 Å². The van der Waals surface area contributed by atoms with E-state index in [-0.39, 0.29) is 5.41 Å². The molecule has 0 radical (unpaired) electrons. The van der Waals surface area contributed by atoms with Crippen molar-refractivity contribution in [2.45, 2.75) is 39.5 Å². The largest absolute Gasteiger partial charge is 0.494 e. The molecule has 2 nitrogen and oxygen atoms in total. The van der Waals surface area contributed by atoms with Gasteiger partial charge in [0, 0.05) is 16.5 Å². The fourth-order valence-corrected chi connectivity index (χ4v) is 2.13. The molecule has 2 rings (SSSR count). The van der Waals surface area contributed by atoms with Crippen molar-refractivity contribution in [1.29, 1.82) is 0 Å². The minimum absolute atomic E-state index is 0.0545. The maximum atomic E-state index is 5.43. The van der Waals surface area contributed by atoms with Crippen LogP contribution in [-0.4, -0.2) is 12.1 Å². The first-order valence-corrected chi connectivity index (χ1v) is 6.44. The van der Waals surface area contributed by atoms with Crippen LogP contribution in [0, 0.1) is 0 Å². The second-order valence-electron chi connectivity index (χ2n) is 5.63. The van der Waals surface area contributed by atoms with Gasteiger partial charge < -0.3 is 4.74 Å². The summed E-state index contributed by atoms with van der Waals surface area (Å²) in [6, 6.07) is 8.35. The fraction of sp³-hybridized carbons (Fsp3) is 0.438. The average Bonchev–Trinajstić information content (AvgIpc) is 2.35. The zero-order valence-corrected chi connectivity index (χ0v) is 11.9. The number of aromatic nitrogens is 1. The van der Waals surface area contributed by atoms with Gasteiger partial charge in [-0.1, -0.05) is 39.8 Å². The predicted molar refractivity (Wildman–Crippen MR) is 76.4 cm³/mol. The number of nitrogens with zero attached hydrogens (tertiary/aromatic N) is 1. The first kappa shape index (κ1) is 12.9. The Labute approximate surface area is 109 Å². The molecule has 0 spiro atoms. The van der Waals surface area contributed by atoms with E-state index in [0.29, 0.717) is 0 Å². The van der Waals surface area contributed by atoms with E-state index in [9.17, 15) is 0 Å². The summed E-state index contributed by atoms with van der Waals surface area (Å²) in [5.41, 5.74) is 3.49. The van der Waals surface area contributed by atoms with Gasteiger partial charge in [0.2, 0.25) is 0 Å². The summed E-state index contributed by atoms with van der Waals surface area (Å²) in [6.45, 7) is 8.75. The number of ether oxygens (including phenoxy) is 1. The molecule has 2 aromatic rings. The van der Waals surface area contributed by atoms with Gasteiger partial charge in [0.1, 0.15) is 11.3 Å². The second-order valence-corrected chi connectivity index (χ2v) is 5.63. The summed E-state index contributed by atoms with van der Waals surface area (Å²) in [4.78, 5) is 4.80. The van der Waals surface area contributed by atoms with Crippen LogP contribution in [0.3, 0.4) is 0 Å². The van der Waals surface area contributed by atoms with Crippen molar-refractivity contribution in [3.05, 3.63) is 35.5 Å². The number of hydrogen-bond donors (Lipinski definition) is 0. The Morgan fingerprint density at radius 3 is 2.50 bits per heavy atom. The van der Waals surface area contributed by atoms with Gasteiger partial charge in [0.05, 0.1) is 7.11 Å². The average molecular weight is 243 g/mol. The van der Waals surface area contributed by atoms with E-state index >= 15 is 0 Å². The van der Waals surface area contributed by atoms with Gasteiger partial charge in [-0.2, -0.15) is 0 Å². The third-order valence-electron chi connectivity index (χ3n) is 3.26. The summed E-state index contributed by atoms with van der Waals surface area (Å²) in [5, 5.41) is 1.20. The van der Waals surface area contributed by atoms with Gasteiger partial charge in [-0.25, -0.2) is 4.98 Å². The highest BCUT2D eigenvalue weighted by atomic mass is 16.5. The second kappa shape index (κ2) is 4.60. The zero-order chi connectivity index (χ0) is 13.3. The van der Waals surface area contributed by atoms with Gasteiger partial charge in [-0.05, 0) is 24.1 Å². The molecule has 18 heavy (non-hydrogen) atoms. The predicted octanol–water partition coefficient (Wildman–Crippen LogP) is 4.10. The van der Waals surface area contributed by atoms with E-state index in [1.807, 2.05) is 12.1 Å². The van der Waals surface area contributed by atoms with Crippen molar-refractivity contribution >= 4 is 10.9 Å². The molecule has 1 aromatic carbocycles. The smallest absolute Gasteiger partial charge is 0.145 e. The summed E-state index contributed by atoms with van der Waals surface area (Å²) in [7, 11) is 1.70. The number of fused-ring (bicyclic) bond motifs is 1. The Morgan fingerprint density at radius 1 is 1.22 bits per heavy atom. The fourth-order valence-electron chi connectivity index (χ4n) is 2.13. The van der Waals surface area contributed by atoms with Crippen LogP contribution in [0.25, 0.3) is 10.9 Å². The molecule has 2 heteroatoms. The minimum Gasteiger partial charge on any atom is -0.494 e. The topological polar surface area (TPSA) is 22.1 Å². The quantitative estimate of drug-likeness (QED) is 0.792. The lowest BCUT2D eigenvalue weighted by molar-refractivity contribution is 0.418. The van der Waals surface area contributed by atoms with Gasteiger partial charge in [0.25, 0.3) is 0 Å². The number of hydrogen-bond acceptors (Lipinski definition) is 2. The van der Waals surface area contributed by atoms with Crippen LogP contribution in [0.1, 0.15) is 39.0 Å². The van der Waals surface area contributed by atoms with Crippen molar-refractivity contribution in [3.8, 4) is 5.75 Å². The minimum atomic E-state index is 0.0545. The summed E-state index contributed by atoms with van der Waals surface area (Å²) in [6.07, 6.45) is 1.01. The number of pyridine rings is 1. The highest BCUT2D eigenvalue weighted by Gasteiger charge is 2.18. The molecule has 0 bridgehead atoms. The van der Waals surface area contributed by atoms with Crippen molar-refractivity contribution in [2.75, 3.05) is 7.11 Å². The molecular weight excluding hydrogens is 222 g/mol. The molecule has 1 heterocycles. The molecule has 1 aromatic heterocycles. The third-order valence-corrected chi connectivity index (χ3v) is 3.26. The van der Waals surface area contributed by atoms with Crippen LogP contribution >= 0.6 is 0 Å². The van der Waals surface area contributed by atoms with E-state index in [0.717, 1.165) is 23.4 Å². The number of rotatable bonds is 2. The van der Waals surface area contributed by atoms with Crippen LogP contribution in [0.5, 0.6) is 5.75 Å². The SMILES string of the molecule is CCc1cc(C(C)(C)C)nc2c(OC)cccc12. The van der Waals surface area contributed by atoms with Crippen LogP contribution in [0.15, 0.2) is 24.3 Å². The molecule has 0 fully saturated rings. The third kappa shape index (κ3) is 2.20. The van der Waals surface area contributed by atoms with Crippen molar-refractivity contribution < 1.29 is 4.74 Å². The van der Waals surface area contributed by atoms with Crippen molar-refractivity contribution in [3.63, 3.8) is 0 Å². The zero-order valence-electron chi connectivity index (χ0n) is 11.9. The van der Waals surface area contributed by atoms with Gasteiger partial charge >= 0.3 is 0 Å². The standard InChI is InChI=1S/C16H21NO/c1-6-11-10-14(16(2,3)4)17-15-12(11)8-7-9-13(15)18-5/h7-10H,6H2,1-5H3. The van der Waals surface area contributed by atoms with E-state index in [1.165, 1.54) is 10.9 Å². The monoisotopic (exact) mass is 243 g/mol. The molecule has 0 N–H and O–H groups in total. The summed E-state index contributed by atoms with van der Waals surface area (Å²) < 4.78 is 5.43. The maximum absolute atomic E-state index is 5.43. The van der Waals surface area contributed by atoms with E-state index in [2.05, 4.69) is 39.8 Å². The van der Waals surface area contributed by atoms with Gasteiger partial charge in [0.15, 0.2) is 0 Å². The Morgan fingerprint density at radius 2 is 1.94 bits per heavy atom. The van der Waals surface area contributed by atoms with Crippen LogP contribution in [0.4, 0.5) is 0 Å². The molecular formula is C16H21NO. The van der Waals surface area contributed by atoms with E-state index < -0.39 is 0 Å². The van der Waals surface area contributed by atoms with Gasteiger partial charge in [-0.3, -0.25) is 0 Å². The van der Waals surface area contributed by atoms with E-state index in [1.54, 1.807) is 7.11 Å². The lowest BCUT2D eigenvalue weighted by Crippen LogP contribution is -2.14. The molecule has 0 saturated carbocycles. The van der Waals surface area contributed by atoms with E-state index in [4.69, 9.17) is 9.72 Å².